The number of rotatable bonds is 6. The van der Waals surface area contributed by atoms with Crippen LogP contribution in [0.3, 0.4) is 0 Å². The van der Waals surface area contributed by atoms with Gasteiger partial charge in [-0.2, -0.15) is 0 Å². The Kier molecular flexibility index (Phi) is 5.34. The molecule has 4 aromatic heterocycles. The van der Waals surface area contributed by atoms with Gasteiger partial charge in [-0.25, -0.2) is 9.97 Å². The van der Waals surface area contributed by atoms with Crippen molar-refractivity contribution in [2.45, 2.75) is 6.54 Å². The van der Waals surface area contributed by atoms with Gasteiger partial charge >= 0.3 is 0 Å². The van der Waals surface area contributed by atoms with Crippen molar-refractivity contribution in [1.29, 1.82) is 0 Å². The first-order valence-electron chi connectivity index (χ1n) is 10.2. The minimum absolute atomic E-state index is 0.165. The SMILES string of the molecule is O=C(NCc1cnccc1Nc1ncc(-c2cc[nH]c(=O)c2)n2ccnc12)c1ccccc1. The van der Waals surface area contributed by atoms with E-state index in [1.54, 1.807) is 49.2 Å². The quantitative estimate of drug-likeness (QED) is 0.376. The van der Waals surface area contributed by atoms with E-state index >= 15 is 0 Å². The zero-order valence-electron chi connectivity index (χ0n) is 17.4. The fourth-order valence-corrected chi connectivity index (χ4v) is 3.51. The summed E-state index contributed by atoms with van der Waals surface area (Å²) < 4.78 is 1.86. The number of fused-ring (bicyclic) bond motifs is 1. The van der Waals surface area contributed by atoms with Crippen LogP contribution in [0.15, 0.2) is 90.5 Å². The number of hydrogen-bond acceptors (Lipinski definition) is 6. The number of aromatic nitrogens is 5. The Balaban J connectivity index is 1.42. The molecule has 0 saturated carbocycles. The van der Waals surface area contributed by atoms with Crippen molar-refractivity contribution in [3.63, 3.8) is 0 Å². The topological polar surface area (TPSA) is 117 Å². The number of pyridine rings is 2. The molecule has 0 radical (unpaired) electrons. The lowest BCUT2D eigenvalue weighted by Gasteiger charge is -2.14. The Hall–Kier alpha value is -4.79. The lowest BCUT2D eigenvalue weighted by molar-refractivity contribution is 0.0951. The van der Waals surface area contributed by atoms with Crippen molar-refractivity contribution in [2.24, 2.45) is 0 Å². The number of H-pyrrole nitrogens is 1. The molecule has 1 aromatic carbocycles. The highest BCUT2D eigenvalue weighted by Gasteiger charge is 2.13. The average molecular weight is 437 g/mol. The fourth-order valence-electron chi connectivity index (χ4n) is 3.51. The van der Waals surface area contributed by atoms with Crippen LogP contribution in [-0.4, -0.2) is 30.2 Å². The van der Waals surface area contributed by atoms with Crippen molar-refractivity contribution in [3.8, 4) is 11.3 Å². The Morgan fingerprint density at radius 3 is 2.76 bits per heavy atom. The molecule has 3 N–H and O–H groups in total. The molecule has 0 bridgehead atoms. The number of carbonyl (C=O) groups excluding carboxylic acids is 1. The number of aromatic amines is 1. The van der Waals surface area contributed by atoms with Gasteiger partial charge in [0.15, 0.2) is 11.5 Å². The molecule has 5 aromatic rings. The lowest BCUT2D eigenvalue weighted by Crippen LogP contribution is -2.23. The van der Waals surface area contributed by atoms with Gasteiger partial charge in [0.25, 0.3) is 5.91 Å². The fraction of sp³-hybridized carbons (Fsp3) is 0.0417. The first-order chi connectivity index (χ1) is 16.2. The Morgan fingerprint density at radius 1 is 1.03 bits per heavy atom. The Morgan fingerprint density at radius 2 is 1.91 bits per heavy atom. The van der Waals surface area contributed by atoms with Gasteiger partial charge in [0, 0.05) is 66.0 Å². The second-order valence-electron chi connectivity index (χ2n) is 7.26. The first kappa shape index (κ1) is 20.1. The number of imidazole rings is 1. The van der Waals surface area contributed by atoms with Crippen LogP contribution < -0.4 is 16.2 Å². The minimum Gasteiger partial charge on any atom is -0.348 e. The van der Waals surface area contributed by atoms with E-state index in [1.165, 1.54) is 6.07 Å². The summed E-state index contributed by atoms with van der Waals surface area (Å²) in [5, 5.41) is 6.22. The molecule has 4 heterocycles. The molecule has 0 unspecified atom stereocenters. The van der Waals surface area contributed by atoms with Crippen LogP contribution in [0.5, 0.6) is 0 Å². The molecule has 0 saturated heterocycles. The highest BCUT2D eigenvalue weighted by Crippen LogP contribution is 2.25. The predicted molar refractivity (Wildman–Crippen MR) is 124 cm³/mol. The van der Waals surface area contributed by atoms with Gasteiger partial charge < -0.3 is 15.6 Å². The molecule has 9 nitrogen and oxygen atoms in total. The van der Waals surface area contributed by atoms with E-state index in [2.05, 4.69) is 30.6 Å². The number of nitrogens with zero attached hydrogens (tertiary/aromatic N) is 4. The molecule has 9 heteroatoms. The zero-order chi connectivity index (χ0) is 22.6. The summed E-state index contributed by atoms with van der Waals surface area (Å²) in [5.41, 5.74) is 4.02. The van der Waals surface area contributed by atoms with Gasteiger partial charge in [-0.3, -0.25) is 19.0 Å². The van der Waals surface area contributed by atoms with Gasteiger partial charge in [0.2, 0.25) is 5.56 Å². The Bertz CT molecular complexity index is 1490. The van der Waals surface area contributed by atoms with E-state index in [4.69, 9.17) is 0 Å². The maximum atomic E-state index is 12.4. The molecular formula is C24H19N7O2. The number of amides is 1. The Labute approximate surface area is 188 Å². The van der Waals surface area contributed by atoms with E-state index in [-0.39, 0.29) is 11.5 Å². The number of hydrogen-bond donors (Lipinski definition) is 3. The molecule has 0 atom stereocenters. The summed E-state index contributed by atoms with van der Waals surface area (Å²) in [6.07, 6.45) is 10.1. The third kappa shape index (κ3) is 4.19. The van der Waals surface area contributed by atoms with Gasteiger partial charge in [0.05, 0.1) is 11.9 Å². The monoisotopic (exact) mass is 437 g/mol. The smallest absolute Gasteiger partial charge is 0.251 e. The van der Waals surface area contributed by atoms with Crippen molar-refractivity contribution in [3.05, 3.63) is 107 Å². The maximum absolute atomic E-state index is 12.4. The van der Waals surface area contributed by atoms with Gasteiger partial charge in [0.1, 0.15) is 0 Å². The highest BCUT2D eigenvalue weighted by molar-refractivity contribution is 5.94. The highest BCUT2D eigenvalue weighted by atomic mass is 16.1. The number of anilines is 2. The molecule has 0 aliphatic carbocycles. The standard InChI is InChI=1S/C24H19N7O2/c32-21-12-17(6-9-26-21)20-15-28-22(23-27-10-11-31(20)23)30-19-7-8-25-13-18(19)14-29-24(33)16-4-2-1-3-5-16/h1-13,15H,14H2,(H,26,32)(H,29,33)(H,25,28,30). The first-order valence-corrected chi connectivity index (χ1v) is 10.2. The van der Waals surface area contributed by atoms with E-state index < -0.39 is 0 Å². The van der Waals surface area contributed by atoms with Gasteiger partial charge in [-0.15, -0.1) is 0 Å². The van der Waals surface area contributed by atoms with Crippen LogP contribution in [0, 0.1) is 0 Å². The number of benzene rings is 1. The van der Waals surface area contributed by atoms with E-state index in [0.717, 1.165) is 22.5 Å². The van der Waals surface area contributed by atoms with Crippen molar-refractivity contribution < 1.29 is 4.79 Å². The summed E-state index contributed by atoms with van der Waals surface area (Å²) in [6.45, 7) is 0.291. The number of carbonyl (C=O) groups is 1. The molecule has 5 rings (SSSR count). The van der Waals surface area contributed by atoms with Gasteiger partial charge in [-0.1, -0.05) is 18.2 Å². The normalized spacial score (nSPS) is 10.8. The van der Waals surface area contributed by atoms with Crippen molar-refractivity contribution >= 4 is 23.1 Å². The molecule has 0 aliphatic rings. The molecule has 162 valence electrons. The van der Waals surface area contributed by atoms with Crippen LogP contribution in [0.4, 0.5) is 11.5 Å². The van der Waals surface area contributed by atoms with Crippen molar-refractivity contribution in [1.82, 2.24) is 29.7 Å². The van der Waals surface area contributed by atoms with E-state index in [9.17, 15) is 9.59 Å². The molecular weight excluding hydrogens is 418 g/mol. The van der Waals surface area contributed by atoms with Gasteiger partial charge in [-0.05, 0) is 24.3 Å². The number of nitrogens with one attached hydrogen (secondary N) is 3. The predicted octanol–water partition coefficient (Wildman–Crippen LogP) is 3.15. The lowest BCUT2D eigenvalue weighted by atomic mass is 10.2. The summed E-state index contributed by atoms with van der Waals surface area (Å²) in [6, 6.07) is 14.2. The molecule has 33 heavy (non-hydrogen) atoms. The van der Waals surface area contributed by atoms with Crippen molar-refractivity contribution in [2.75, 3.05) is 5.32 Å². The minimum atomic E-state index is -0.193. The molecule has 1 amide bonds. The van der Waals surface area contributed by atoms with Crippen LogP contribution in [0.2, 0.25) is 0 Å². The maximum Gasteiger partial charge on any atom is 0.251 e. The average Bonchev–Trinajstić information content (AvgIpc) is 3.34. The van der Waals surface area contributed by atoms with Crippen LogP contribution >= 0.6 is 0 Å². The summed E-state index contributed by atoms with van der Waals surface area (Å²) in [5.74, 6) is 0.372. The third-order valence-corrected chi connectivity index (χ3v) is 5.13. The third-order valence-electron chi connectivity index (χ3n) is 5.13. The summed E-state index contributed by atoms with van der Waals surface area (Å²) in [7, 11) is 0. The van der Waals surface area contributed by atoms with Crippen LogP contribution in [-0.2, 0) is 6.54 Å². The largest absolute Gasteiger partial charge is 0.348 e. The molecule has 0 spiro atoms. The van der Waals surface area contributed by atoms with E-state index in [0.29, 0.717) is 23.6 Å². The van der Waals surface area contributed by atoms with Crippen LogP contribution in [0.1, 0.15) is 15.9 Å². The second-order valence-corrected chi connectivity index (χ2v) is 7.26. The summed E-state index contributed by atoms with van der Waals surface area (Å²) in [4.78, 5) is 39.9. The zero-order valence-corrected chi connectivity index (χ0v) is 17.4. The molecule has 0 fully saturated rings. The second kappa shape index (κ2) is 8.75. The van der Waals surface area contributed by atoms with Crippen LogP contribution in [0.25, 0.3) is 16.9 Å². The summed E-state index contributed by atoms with van der Waals surface area (Å²) >= 11 is 0. The van der Waals surface area contributed by atoms with E-state index in [1.807, 2.05) is 34.9 Å². The molecule has 0 aliphatic heterocycles.